The first-order chi connectivity index (χ1) is 30.9. The van der Waals surface area contributed by atoms with Crippen LogP contribution in [0, 0.1) is 39.0 Å². The van der Waals surface area contributed by atoms with Gasteiger partial charge in [0.05, 0.1) is 53.4 Å². The number of hydrogen-bond donors (Lipinski definition) is 3. The van der Waals surface area contributed by atoms with Gasteiger partial charge in [-0.25, -0.2) is 4.98 Å². The van der Waals surface area contributed by atoms with E-state index in [-0.39, 0.29) is 43.2 Å². The van der Waals surface area contributed by atoms with Crippen molar-refractivity contribution in [2.24, 2.45) is 16.3 Å². The maximum atomic E-state index is 14.4. The molecule has 0 radical (unpaired) electrons. The summed E-state index contributed by atoms with van der Waals surface area (Å²) < 4.78 is 7.04. The van der Waals surface area contributed by atoms with Crippen LogP contribution >= 0.6 is 22.7 Å². The number of carbonyl (C=O) groups is 4. The molecule has 65 heavy (non-hydrogen) atoms. The van der Waals surface area contributed by atoms with E-state index in [1.165, 1.54) is 12.0 Å². The Bertz CT molecular complexity index is 2640. The van der Waals surface area contributed by atoms with Crippen LogP contribution in [0.5, 0.6) is 0 Å². The van der Waals surface area contributed by atoms with E-state index in [1.807, 2.05) is 100 Å². The molecule has 0 bridgehead atoms. The number of hydrogen-bond acceptors (Lipinski definition) is 13. The van der Waals surface area contributed by atoms with Crippen LogP contribution in [-0.2, 0) is 23.9 Å². The third kappa shape index (κ3) is 9.10. The molecule has 3 amide bonds. The summed E-state index contributed by atoms with van der Waals surface area (Å²) in [4.78, 5) is 70.3. The van der Waals surface area contributed by atoms with Crippen molar-refractivity contribution in [2.45, 2.75) is 105 Å². The van der Waals surface area contributed by atoms with Gasteiger partial charge in [-0.2, -0.15) is 0 Å². The largest absolute Gasteiger partial charge is 0.469 e. The number of likely N-dealkylation sites (tertiary alicyclic amines) is 1. The number of thiazole rings is 1. The number of ether oxygens (including phenoxy) is 1. The van der Waals surface area contributed by atoms with Crippen LogP contribution in [-0.4, -0.2) is 104 Å². The average molecular weight is 920 g/mol. The van der Waals surface area contributed by atoms with Crippen LogP contribution in [0.25, 0.3) is 15.4 Å². The van der Waals surface area contributed by atoms with Crippen molar-refractivity contribution in [1.29, 1.82) is 0 Å². The molecular weight excluding hydrogens is 863 g/mol. The SMILES string of the molecule is COC(=O)C[C@@H]1N=C(c2ccc(N3CCC(C(=O)NC(C(=O)N4C[C@H](O)C[C@H]4C(=O)N[C@@H](C)c4ccc(-c5scnc5C)cc4)C(C)(C)C)C3)cc2)c2c(sc(C)c2C)-n2c(C)nnc21. The molecule has 15 nitrogen and oxygen atoms in total. The molecule has 0 aliphatic carbocycles. The Morgan fingerprint density at radius 3 is 2.31 bits per heavy atom. The van der Waals surface area contributed by atoms with E-state index < -0.39 is 41.5 Å². The zero-order valence-electron chi connectivity index (χ0n) is 38.3. The van der Waals surface area contributed by atoms with Crippen LogP contribution in [0.15, 0.2) is 59.0 Å². The maximum absolute atomic E-state index is 14.4. The van der Waals surface area contributed by atoms with Gasteiger partial charge in [0, 0.05) is 47.7 Å². The normalized spacial score (nSPS) is 20.4. The topological polar surface area (TPSA) is 184 Å². The monoisotopic (exact) mass is 919 g/mol. The molecular formula is C48H57N9O6S2. The molecule has 342 valence electrons. The van der Waals surface area contributed by atoms with Crippen molar-refractivity contribution in [3.63, 3.8) is 0 Å². The molecule has 17 heteroatoms. The average Bonchev–Trinajstić information content (AvgIpc) is 4.12. The van der Waals surface area contributed by atoms with E-state index in [4.69, 9.17) is 9.73 Å². The molecule has 0 spiro atoms. The Labute approximate surface area is 387 Å². The number of aryl methyl sites for hydroxylation is 3. The van der Waals surface area contributed by atoms with Gasteiger partial charge in [-0.1, -0.05) is 57.2 Å². The van der Waals surface area contributed by atoms with E-state index in [1.54, 1.807) is 22.7 Å². The number of benzene rings is 2. The highest BCUT2D eigenvalue weighted by atomic mass is 32.1. The molecule has 6 heterocycles. The Hall–Kier alpha value is -5.78. The van der Waals surface area contributed by atoms with E-state index in [0.29, 0.717) is 31.2 Å². The number of thiophene rings is 1. The van der Waals surface area contributed by atoms with Gasteiger partial charge in [0.25, 0.3) is 0 Å². The summed E-state index contributed by atoms with van der Waals surface area (Å²) in [6.07, 6.45) is -0.166. The van der Waals surface area contributed by atoms with Gasteiger partial charge in [-0.3, -0.25) is 28.7 Å². The smallest absolute Gasteiger partial charge is 0.308 e. The van der Waals surface area contributed by atoms with E-state index in [9.17, 15) is 24.3 Å². The number of nitrogens with zero attached hydrogens (tertiary/aromatic N) is 7. The van der Waals surface area contributed by atoms with Crippen LogP contribution in [0.2, 0.25) is 0 Å². The van der Waals surface area contributed by atoms with Crippen LogP contribution < -0.4 is 15.5 Å². The summed E-state index contributed by atoms with van der Waals surface area (Å²) >= 11 is 3.23. The first-order valence-corrected chi connectivity index (χ1v) is 23.7. The Balaban J connectivity index is 0.941. The highest BCUT2D eigenvalue weighted by molar-refractivity contribution is 7.15. The van der Waals surface area contributed by atoms with Crippen molar-refractivity contribution in [1.82, 2.24) is 35.3 Å². The van der Waals surface area contributed by atoms with Gasteiger partial charge in [0.1, 0.15) is 29.0 Å². The van der Waals surface area contributed by atoms with Gasteiger partial charge in [-0.15, -0.1) is 32.9 Å². The van der Waals surface area contributed by atoms with Crippen LogP contribution in [0.1, 0.15) is 104 Å². The Kier molecular flexibility index (Phi) is 12.8. The lowest BCUT2D eigenvalue weighted by Gasteiger charge is -2.36. The zero-order chi connectivity index (χ0) is 46.5. The predicted molar refractivity (Wildman–Crippen MR) is 252 cm³/mol. The number of anilines is 1. The third-order valence-electron chi connectivity index (χ3n) is 12.9. The minimum absolute atomic E-state index is 0.00396. The minimum Gasteiger partial charge on any atom is -0.469 e. The fourth-order valence-corrected chi connectivity index (χ4v) is 11.1. The summed E-state index contributed by atoms with van der Waals surface area (Å²) in [7, 11) is 1.37. The van der Waals surface area contributed by atoms with E-state index >= 15 is 0 Å². The van der Waals surface area contributed by atoms with E-state index in [2.05, 4.69) is 44.6 Å². The molecule has 2 unspecified atom stereocenters. The van der Waals surface area contributed by atoms with Crippen LogP contribution in [0.3, 0.4) is 0 Å². The standard InChI is InChI=1S/C48H57N9O6S2/c1-25-28(4)65-47-39(25)40(51-36(21-38(59)63-9)43-54-53-29(5)57(43)47)31-14-16-34(17-15-31)55-19-18-33(22-55)44(60)52-42(48(6,7)8)46(62)56-23-35(58)20-37(56)45(61)50-26(2)30-10-12-32(13-11-30)41-27(3)49-24-64-41/h10-17,24,26,33,35-37,42,58H,18-23H2,1-9H3,(H,50,61)(H,52,60)/t26-,33?,35+,36-,37-,42?/m0/s1. The van der Waals surface area contributed by atoms with Gasteiger partial charge in [-0.05, 0) is 75.3 Å². The number of esters is 1. The number of aromatic nitrogens is 4. The number of carbonyl (C=O) groups excluding carboxylic acids is 4. The molecule has 3 aliphatic rings. The number of β-amino-alcohol motifs (C(OH)–C–C–N with tert-alkyl or cyclic N) is 1. The van der Waals surface area contributed by atoms with Gasteiger partial charge in [0.2, 0.25) is 17.7 Å². The van der Waals surface area contributed by atoms with Crippen molar-refractivity contribution < 1.29 is 29.0 Å². The van der Waals surface area contributed by atoms with Crippen LogP contribution in [0.4, 0.5) is 5.69 Å². The number of rotatable bonds is 11. The van der Waals surface area contributed by atoms with Gasteiger partial charge >= 0.3 is 5.97 Å². The number of nitrogens with one attached hydrogen (secondary N) is 2. The number of methoxy groups -OCH3 is 1. The minimum atomic E-state index is -0.932. The second kappa shape index (κ2) is 18.2. The third-order valence-corrected chi connectivity index (χ3v) is 15.1. The molecule has 3 aliphatic heterocycles. The summed E-state index contributed by atoms with van der Waals surface area (Å²) in [5.74, 6) is -0.449. The predicted octanol–water partition coefficient (Wildman–Crippen LogP) is 6.34. The lowest BCUT2D eigenvalue weighted by molar-refractivity contribution is -0.144. The Morgan fingerprint density at radius 2 is 1.65 bits per heavy atom. The number of aliphatic hydroxyl groups is 1. The molecule has 3 aromatic heterocycles. The van der Waals surface area contributed by atoms with Crippen molar-refractivity contribution in [2.75, 3.05) is 31.6 Å². The molecule has 2 fully saturated rings. The highest BCUT2D eigenvalue weighted by Crippen LogP contribution is 2.40. The Morgan fingerprint density at radius 1 is 0.938 bits per heavy atom. The summed E-state index contributed by atoms with van der Waals surface area (Å²) in [5, 5.41) is 26.7. The fourth-order valence-electron chi connectivity index (χ4n) is 9.08. The fraction of sp³-hybridized carbons (Fsp3) is 0.458. The number of amides is 3. The first kappa shape index (κ1) is 45.8. The molecule has 8 rings (SSSR count). The molecule has 5 aromatic rings. The zero-order valence-corrected chi connectivity index (χ0v) is 40.0. The highest BCUT2D eigenvalue weighted by Gasteiger charge is 2.45. The van der Waals surface area contributed by atoms with Crippen molar-refractivity contribution in [3.05, 3.63) is 98.5 Å². The van der Waals surface area contributed by atoms with Crippen molar-refractivity contribution >= 4 is 57.8 Å². The molecule has 2 aromatic carbocycles. The second-order valence-corrected chi connectivity index (χ2v) is 20.5. The number of fused-ring (bicyclic) bond motifs is 3. The van der Waals surface area contributed by atoms with Crippen molar-refractivity contribution in [3.8, 4) is 15.4 Å². The quantitative estimate of drug-likeness (QED) is 0.127. The molecule has 0 saturated carbocycles. The number of aliphatic imine (C=N–C) groups is 1. The molecule has 3 N–H and O–H groups in total. The maximum Gasteiger partial charge on any atom is 0.308 e. The summed E-state index contributed by atoms with van der Waals surface area (Å²) in [6.45, 7) is 16.7. The number of aliphatic hydroxyl groups excluding tert-OH is 1. The lowest BCUT2D eigenvalue weighted by Crippen LogP contribution is -2.58. The second-order valence-electron chi connectivity index (χ2n) is 18.5. The lowest BCUT2D eigenvalue weighted by atomic mass is 9.85. The van der Waals surface area contributed by atoms with Gasteiger partial charge in [0.15, 0.2) is 5.82 Å². The summed E-state index contributed by atoms with van der Waals surface area (Å²) in [5.41, 5.74) is 8.72. The first-order valence-electron chi connectivity index (χ1n) is 22.1. The van der Waals surface area contributed by atoms with Gasteiger partial charge < -0.3 is 30.3 Å². The molecule has 2 saturated heterocycles. The summed E-state index contributed by atoms with van der Waals surface area (Å²) in [6, 6.07) is 13.3. The van der Waals surface area contributed by atoms with E-state index in [0.717, 1.165) is 59.7 Å². The molecule has 6 atom stereocenters.